The molecule has 24 heavy (non-hydrogen) atoms. The first kappa shape index (κ1) is 16.2. The highest BCUT2D eigenvalue weighted by atomic mass is 19.4. The topological polar surface area (TPSA) is 72.8 Å². The summed E-state index contributed by atoms with van der Waals surface area (Å²) < 4.78 is 38.1. The maximum absolute atomic E-state index is 12.7. The molecular weight excluding hydrogens is 321 g/mol. The smallest absolute Gasteiger partial charge is 0.303 e. The Kier molecular flexibility index (Phi) is 4.11. The van der Waals surface area contributed by atoms with Gasteiger partial charge in [-0.1, -0.05) is 12.1 Å². The van der Waals surface area contributed by atoms with Crippen molar-refractivity contribution in [2.75, 3.05) is 6.54 Å². The van der Waals surface area contributed by atoms with Crippen molar-refractivity contribution in [2.45, 2.75) is 25.7 Å². The highest BCUT2D eigenvalue weighted by molar-refractivity contribution is 5.33. The molecule has 0 atom stereocenters. The molecule has 2 heterocycles. The molecule has 3 rings (SSSR count). The summed E-state index contributed by atoms with van der Waals surface area (Å²) in [4.78, 5) is 19.3. The Hall–Kier alpha value is -2.66. The van der Waals surface area contributed by atoms with E-state index < -0.39 is 17.6 Å². The van der Waals surface area contributed by atoms with Gasteiger partial charge >= 0.3 is 6.18 Å². The van der Waals surface area contributed by atoms with E-state index in [1.165, 1.54) is 0 Å². The summed E-state index contributed by atoms with van der Waals surface area (Å²) in [5, 5.41) is 8.92. The Morgan fingerprint density at radius 2 is 2.17 bits per heavy atom. The van der Waals surface area contributed by atoms with Gasteiger partial charge in [0.2, 0.25) is 5.82 Å². The van der Waals surface area contributed by atoms with Crippen LogP contribution in [0.1, 0.15) is 28.2 Å². The number of halogens is 3. The molecule has 0 fully saturated rings. The van der Waals surface area contributed by atoms with Gasteiger partial charge < -0.3 is 4.98 Å². The third-order valence-electron chi connectivity index (χ3n) is 3.88. The van der Waals surface area contributed by atoms with Crippen LogP contribution in [0.15, 0.2) is 29.1 Å². The summed E-state index contributed by atoms with van der Waals surface area (Å²) in [6.07, 6.45) is -4.39. The Balaban J connectivity index is 1.82. The molecule has 0 bridgehead atoms. The van der Waals surface area contributed by atoms with Crippen LogP contribution in [0.5, 0.6) is 0 Å². The van der Waals surface area contributed by atoms with Crippen LogP contribution in [0.4, 0.5) is 13.2 Å². The quantitative estimate of drug-likeness (QED) is 0.914. The molecule has 2 aromatic rings. The van der Waals surface area contributed by atoms with Crippen molar-refractivity contribution >= 4 is 0 Å². The zero-order valence-corrected chi connectivity index (χ0v) is 12.5. The SMILES string of the molecule is N#Cc1cccc(CN2CCc3nc(C(F)(F)F)[nH]c(=O)c3C2)c1. The Morgan fingerprint density at radius 3 is 2.88 bits per heavy atom. The fourth-order valence-corrected chi connectivity index (χ4v) is 2.75. The van der Waals surface area contributed by atoms with Crippen LogP contribution in [-0.4, -0.2) is 21.4 Å². The highest BCUT2D eigenvalue weighted by Gasteiger charge is 2.35. The number of benzene rings is 1. The summed E-state index contributed by atoms with van der Waals surface area (Å²) >= 11 is 0. The highest BCUT2D eigenvalue weighted by Crippen LogP contribution is 2.26. The van der Waals surface area contributed by atoms with E-state index in [0.717, 1.165) is 5.56 Å². The van der Waals surface area contributed by atoms with Gasteiger partial charge in [-0.15, -0.1) is 0 Å². The van der Waals surface area contributed by atoms with Gasteiger partial charge in [0, 0.05) is 26.1 Å². The van der Waals surface area contributed by atoms with Gasteiger partial charge in [-0.05, 0) is 17.7 Å². The van der Waals surface area contributed by atoms with Gasteiger partial charge in [-0.3, -0.25) is 9.69 Å². The fourth-order valence-electron chi connectivity index (χ4n) is 2.75. The van der Waals surface area contributed by atoms with Gasteiger partial charge in [0.05, 0.1) is 22.9 Å². The Bertz CT molecular complexity index is 867. The molecule has 124 valence electrons. The van der Waals surface area contributed by atoms with E-state index >= 15 is 0 Å². The molecule has 0 aliphatic carbocycles. The van der Waals surface area contributed by atoms with E-state index in [1.807, 2.05) is 16.0 Å². The summed E-state index contributed by atoms with van der Waals surface area (Å²) in [6.45, 7) is 1.24. The number of hydrogen-bond donors (Lipinski definition) is 1. The lowest BCUT2D eigenvalue weighted by Crippen LogP contribution is -2.36. The molecule has 0 unspecified atom stereocenters. The standard InChI is InChI=1S/C16H13F3N4O/c17-16(18,19)15-21-13-4-5-23(9-12(13)14(24)22-15)8-11-3-1-2-10(6-11)7-20/h1-3,6H,4-5,8-9H2,(H,21,22,24). The molecule has 0 radical (unpaired) electrons. The maximum atomic E-state index is 12.7. The van der Waals surface area contributed by atoms with Crippen LogP contribution in [-0.2, 0) is 25.7 Å². The number of aromatic nitrogens is 2. The van der Waals surface area contributed by atoms with Crippen LogP contribution < -0.4 is 5.56 Å². The second-order valence-corrected chi connectivity index (χ2v) is 5.61. The number of nitrogens with zero attached hydrogens (tertiary/aromatic N) is 3. The normalized spacial score (nSPS) is 14.9. The molecule has 8 heteroatoms. The summed E-state index contributed by atoms with van der Waals surface area (Å²) in [6, 6.07) is 9.15. The molecule has 0 saturated heterocycles. The van der Waals surface area contributed by atoms with Crippen molar-refractivity contribution in [3.8, 4) is 6.07 Å². The van der Waals surface area contributed by atoms with Gasteiger partial charge in [-0.2, -0.15) is 18.4 Å². The predicted octanol–water partition coefficient (Wildman–Crippen LogP) is 2.22. The monoisotopic (exact) mass is 334 g/mol. The van der Waals surface area contributed by atoms with Gasteiger partial charge in [0.1, 0.15) is 0 Å². The number of hydrogen-bond acceptors (Lipinski definition) is 4. The van der Waals surface area contributed by atoms with Crippen molar-refractivity contribution in [1.29, 1.82) is 5.26 Å². The number of H-pyrrole nitrogens is 1. The summed E-state index contributed by atoms with van der Waals surface area (Å²) in [7, 11) is 0. The van der Waals surface area contributed by atoms with Crippen molar-refractivity contribution in [3.63, 3.8) is 0 Å². The molecule has 1 aliphatic heterocycles. The van der Waals surface area contributed by atoms with Gasteiger partial charge in [-0.25, -0.2) is 4.98 Å². The van der Waals surface area contributed by atoms with Crippen LogP contribution in [0, 0.1) is 11.3 Å². The van der Waals surface area contributed by atoms with Gasteiger partial charge in [0.25, 0.3) is 5.56 Å². The molecule has 1 aliphatic rings. The molecule has 0 spiro atoms. The van der Waals surface area contributed by atoms with Crippen LogP contribution >= 0.6 is 0 Å². The number of alkyl halides is 3. The first-order valence-corrected chi connectivity index (χ1v) is 7.27. The minimum atomic E-state index is -4.66. The Morgan fingerprint density at radius 1 is 1.38 bits per heavy atom. The summed E-state index contributed by atoms with van der Waals surface area (Å²) in [5.74, 6) is -1.25. The lowest BCUT2D eigenvalue weighted by molar-refractivity contribution is -0.145. The first-order valence-electron chi connectivity index (χ1n) is 7.27. The zero-order valence-electron chi connectivity index (χ0n) is 12.5. The molecular formula is C16H13F3N4O. The minimum Gasteiger partial charge on any atom is -0.303 e. The van der Waals surface area contributed by atoms with Crippen molar-refractivity contribution in [1.82, 2.24) is 14.9 Å². The number of fused-ring (bicyclic) bond motifs is 1. The number of rotatable bonds is 2. The Labute approximate surface area is 135 Å². The molecule has 0 saturated carbocycles. The van der Waals surface area contributed by atoms with E-state index in [4.69, 9.17) is 5.26 Å². The van der Waals surface area contributed by atoms with Crippen molar-refractivity contribution in [3.05, 3.63) is 62.8 Å². The predicted molar refractivity (Wildman–Crippen MR) is 78.8 cm³/mol. The fraction of sp³-hybridized carbons (Fsp3) is 0.312. The largest absolute Gasteiger partial charge is 0.449 e. The molecule has 0 amide bonds. The van der Waals surface area contributed by atoms with Crippen LogP contribution in [0.3, 0.4) is 0 Å². The average Bonchev–Trinajstić information content (AvgIpc) is 2.54. The number of aromatic amines is 1. The average molecular weight is 334 g/mol. The zero-order chi connectivity index (χ0) is 17.3. The van der Waals surface area contributed by atoms with Crippen molar-refractivity contribution < 1.29 is 13.2 Å². The van der Waals surface area contributed by atoms with Crippen LogP contribution in [0.2, 0.25) is 0 Å². The number of nitrogens with one attached hydrogen (secondary N) is 1. The van der Waals surface area contributed by atoms with E-state index in [0.29, 0.717) is 18.7 Å². The second kappa shape index (κ2) is 6.09. The first-order chi connectivity index (χ1) is 11.4. The lowest BCUT2D eigenvalue weighted by Gasteiger charge is -2.27. The van der Waals surface area contributed by atoms with E-state index in [1.54, 1.807) is 18.2 Å². The van der Waals surface area contributed by atoms with Crippen molar-refractivity contribution in [2.24, 2.45) is 0 Å². The minimum absolute atomic E-state index is 0.202. The lowest BCUT2D eigenvalue weighted by atomic mass is 10.1. The molecule has 1 N–H and O–H groups in total. The van der Waals surface area contributed by atoms with E-state index in [9.17, 15) is 18.0 Å². The second-order valence-electron chi connectivity index (χ2n) is 5.61. The van der Waals surface area contributed by atoms with E-state index in [2.05, 4.69) is 11.1 Å². The van der Waals surface area contributed by atoms with E-state index in [-0.39, 0.29) is 24.2 Å². The molecule has 1 aromatic carbocycles. The third-order valence-corrected chi connectivity index (χ3v) is 3.88. The third kappa shape index (κ3) is 3.31. The molecule has 1 aromatic heterocycles. The van der Waals surface area contributed by atoms with Gasteiger partial charge in [0.15, 0.2) is 0 Å². The number of nitriles is 1. The molecule has 5 nitrogen and oxygen atoms in total. The summed E-state index contributed by atoms with van der Waals surface area (Å²) in [5.41, 5.74) is 1.18. The van der Waals surface area contributed by atoms with Crippen LogP contribution in [0.25, 0.3) is 0 Å². The maximum Gasteiger partial charge on any atom is 0.449 e.